The summed E-state index contributed by atoms with van der Waals surface area (Å²) in [6.07, 6.45) is 0. The molecule has 0 saturated heterocycles. The Morgan fingerprint density at radius 3 is 1.42 bits per heavy atom. The van der Waals surface area contributed by atoms with Gasteiger partial charge in [-0.1, -0.05) is 0 Å². The maximum absolute atomic E-state index is 11.8. The molecule has 0 atom stereocenters. The van der Waals surface area contributed by atoms with Gasteiger partial charge in [-0.25, -0.2) is 27.1 Å². The minimum absolute atomic E-state index is 0.136. The Labute approximate surface area is 205 Å². The Hall–Kier alpha value is -3.81. The van der Waals surface area contributed by atoms with E-state index in [2.05, 4.69) is 20.5 Å². The molecule has 0 aromatic heterocycles. The molecule has 3 rings (SSSR count). The summed E-state index contributed by atoms with van der Waals surface area (Å²) in [5.41, 5.74) is 10.8. The average molecular weight is 555 g/mol. The summed E-state index contributed by atoms with van der Waals surface area (Å²) in [7, 11) is -12.7. The summed E-state index contributed by atoms with van der Waals surface area (Å²) >= 11 is 0. The first kappa shape index (κ1) is 26.8. The molecule has 15 nitrogen and oxygen atoms in total. The van der Waals surface area contributed by atoms with E-state index < -0.39 is 40.7 Å². The lowest BCUT2D eigenvalue weighted by Crippen LogP contribution is -2.11. The second-order valence-electron chi connectivity index (χ2n) is 7.02. The average Bonchev–Trinajstić information content (AvgIpc) is 2.77. The molecule has 3 aromatic rings. The molecule has 0 unspecified atom stereocenters. The van der Waals surface area contributed by atoms with Crippen LogP contribution in [0.15, 0.2) is 89.7 Å². The van der Waals surface area contributed by atoms with Crippen LogP contribution in [0.1, 0.15) is 0 Å². The number of hydrogen-bond donors (Lipinski definition) is 5. The van der Waals surface area contributed by atoms with Crippen molar-refractivity contribution >= 4 is 64.3 Å². The van der Waals surface area contributed by atoms with E-state index in [1.165, 1.54) is 48.5 Å². The molecule has 0 amide bonds. The lowest BCUT2D eigenvalue weighted by molar-refractivity contribution is 0.483. The number of nitrogens with two attached hydrogens (primary N) is 4. The van der Waals surface area contributed by atoms with Crippen LogP contribution in [-0.2, 0) is 30.2 Å². The van der Waals surface area contributed by atoms with E-state index in [9.17, 15) is 29.8 Å². The fourth-order valence-electron chi connectivity index (χ4n) is 2.69. The Morgan fingerprint density at radius 1 is 0.611 bits per heavy atom. The molecule has 0 saturated carbocycles. The van der Waals surface area contributed by atoms with Gasteiger partial charge in [0.25, 0.3) is 10.1 Å². The monoisotopic (exact) mass is 554 g/mol. The second kappa shape index (κ2) is 9.68. The number of benzene rings is 3. The zero-order chi connectivity index (χ0) is 26.9. The summed E-state index contributed by atoms with van der Waals surface area (Å²) < 4.78 is 78.7. The zero-order valence-corrected chi connectivity index (χ0v) is 20.4. The molecule has 0 spiro atoms. The third kappa shape index (κ3) is 6.24. The summed E-state index contributed by atoms with van der Waals surface area (Å²) in [4.78, 5) is -1.11. The lowest BCUT2D eigenvalue weighted by atomic mass is 10.2. The maximum atomic E-state index is 11.8. The largest absolute Gasteiger partial charge is 0.396 e. The molecular formula is C18H18N8O7S3. The fraction of sp³-hybridized carbons (Fsp3) is 0. The minimum Gasteiger partial charge on any atom is -0.396 e. The molecule has 3 aromatic carbocycles. The van der Waals surface area contributed by atoms with Gasteiger partial charge >= 0.3 is 0 Å². The van der Waals surface area contributed by atoms with Crippen LogP contribution >= 0.6 is 0 Å². The first-order valence-corrected chi connectivity index (χ1v) is 13.9. The van der Waals surface area contributed by atoms with Crippen LogP contribution in [0.25, 0.3) is 0 Å². The molecule has 36 heavy (non-hydrogen) atoms. The van der Waals surface area contributed by atoms with Crippen molar-refractivity contribution in [3.63, 3.8) is 0 Å². The van der Waals surface area contributed by atoms with Gasteiger partial charge in [0.05, 0.1) is 32.5 Å². The third-order valence-corrected chi connectivity index (χ3v) is 7.22. The van der Waals surface area contributed by atoms with Crippen LogP contribution in [0.3, 0.4) is 0 Å². The highest BCUT2D eigenvalue weighted by molar-refractivity contribution is 7.89. The van der Waals surface area contributed by atoms with Crippen molar-refractivity contribution in [1.29, 1.82) is 0 Å². The number of anilines is 2. The molecule has 0 fully saturated rings. The van der Waals surface area contributed by atoms with Gasteiger partial charge in [-0.15, -0.1) is 10.2 Å². The molecule has 18 heteroatoms. The zero-order valence-electron chi connectivity index (χ0n) is 17.9. The quantitative estimate of drug-likeness (QED) is 0.162. The van der Waals surface area contributed by atoms with Crippen molar-refractivity contribution in [3.8, 4) is 0 Å². The number of hydrogen-bond acceptors (Lipinski definition) is 12. The number of rotatable bonds is 7. The predicted molar refractivity (Wildman–Crippen MR) is 129 cm³/mol. The molecule has 9 N–H and O–H groups in total. The summed E-state index contributed by atoms with van der Waals surface area (Å²) in [5, 5.41) is 25.5. The molecule has 0 aliphatic rings. The molecule has 0 radical (unpaired) electrons. The van der Waals surface area contributed by atoms with Gasteiger partial charge in [0.15, 0.2) is 0 Å². The second-order valence-corrected chi connectivity index (χ2v) is 11.5. The number of nitrogen functional groups attached to an aromatic ring is 2. The van der Waals surface area contributed by atoms with Gasteiger partial charge in [0, 0.05) is 0 Å². The highest BCUT2D eigenvalue weighted by Gasteiger charge is 2.22. The van der Waals surface area contributed by atoms with Gasteiger partial charge in [-0.2, -0.15) is 18.6 Å². The summed E-state index contributed by atoms with van der Waals surface area (Å²) in [6.45, 7) is 0. The van der Waals surface area contributed by atoms with E-state index in [0.717, 1.165) is 6.07 Å². The Bertz CT molecular complexity index is 1700. The normalized spacial score (nSPS) is 13.0. The molecular weight excluding hydrogens is 536 g/mol. The number of primary sulfonamides is 2. The molecule has 0 bridgehead atoms. The van der Waals surface area contributed by atoms with Gasteiger partial charge in [-0.05, 0) is 54.6 Å². The van der Waals surface area contributed by atoms with E-state index in [1.807, 2.05) is 0 Å². The van der Waals surface area contributed by atoms with Crippen molar-refractivity contribution in [2.45, 2.75) is 14.7 Å². The third-order valence-electron chi connectivity index (χ3n) is 4.47. The van der Waals surface area contributed by atoms with E-state index in [0.29, 0.717) is 0 Å². The standard InChI is InChI=1S/C18H18N8O7S3/c19-16-14(25-23-10-1-5-12(6-2-10)34(21,27)28)9-15(36(31,32)33)17(20)18(16)26-24-11-3-7-13(8-4-11)35(22,29)30/h1-9H,19-20H2,(H2,21,27,28)(H2,22,29,30)(H,31,32,33)/b25-23+,26-24+. The lowest BCUT2D eigenvalue weighted by Gasteiger charge is -2.10. The molecule has 0 aliphatic heterocycles. The Morgan fingerprint density at radius 2 is 1.03 bits per heavy atom. The van der Waals surface area contributed by atoms with Crippen LogP contribution in [0.4, 0.5) is 34.1 Å². The van der Waals surface area contributed by atoms with Crippen LogP contribution in [-0.4, -0.2) is 29.8 Å². The van der Waals surface area contributed by atoms with Crippen molar-refractivity contribution in [3.05, 3.63) is 54.6 Å². The van der Waals surface area contributed by atoms with Crippen molar-refractivity contribution < 1.29 is 29.8 Å². The topological polar surface area (TPSA) is 276 Å². The van der Waals surface area contributed by atoms with E-state index in [1.54, 1.807) is 0 Å². The first-order valence-electron chi connectivity index (χ1n) is 9.36. The highest BCUT2D eigenvalue weighted by atomic mass is 32.2. The van der Waals surface area contributed by atoms with Crippen LogP contribution in [0.2, 0.25) is 0 Å². The molecule has 0 aliphatic carbocycles. The summed E-state index contributed by atoms with van der Waals surface area (Å²) in [6, 6.07) is 10.7. The van der Waals surface area contributed by atoms with Gasteiger partial charge < -0.3 is 11.5 Å². The number of azo groups is 2. The SMILES string of the molecule is Nc1c(/N=N/c2ccc(S(N)(=O)=O)cc2)cc(S(=O)(=O)O)c(N)c1/N=N/c1ccc(S(N)(=O)=O)cc1. The van der Waals surface area contributed by atoms with Crippen molar-refractivity contribution in [2.24, 2.45) is 30.7 Å². The highest BCUT2D eigenvalue weighted by Crippen LogP contribution is 2.43. The van der Waals surface area contributed by atoms with Gasteiger partial charge in [-0.3, -0.25) is 4.55 Å². The van der Waals surface area contributed by atoms with Crippen LogP contribution in [0.5, 0.6) is 0 Å². The molecule has 0 heterocycles. The fourth-order valence-corrected chi connectivity index (χ4v) is 4.36. The summed E-state index contributed by atoms with van der Waals surface area (Å²) in [5.74, 6) is 0. The van der Waals surface area contributed by atoms with E-state index >= 15 is 0 Å². The first-order chi connectivity index (χ1) is 16.6. The van der Waals surface area contributed by atoms with Crippen LogP contribution < -0.4 is 21.7 Å². The van der Waals surface area contributed by atoms with Crippen molar-refractivity contribution in [2.75, 3.05) is 11.5 Å². The van der Waals surface area contributed by atoms with Gasteiger partial charge in [0.2, 0.25) is 20.0 Å². The smallest absolute Gasteiger partial charge is 0.296 e. The Kier molecular flexibility index (Phi) is 7.20. The number of nitrogens with zero attached hydrogens (tertiary/aromatic N) is 4. The minimum atomic E-state index is -4.85. The Balaban J connectivity index is 2.05. The van der Waals surface area contributed by atoms with E-state index in [4.69, 9.17) is 21.7 Å². The van der Waals surface area contributed by atoms with E-state index in [-0.39, 0.29) is 38.2 Å². The van der Waals surface area contributed by atoms with Crippen LogP contribution in [0, 0.1) is 0 Å². The molecule has 190 valence electrons. The van der Waals surface area contributed by atoms with Gasteiger partial charge in [0.1, 0.15) is 16.3 Å². The maximum Gasteiger partial charge on any atom is 0.296 e. The number of sulfonamides is 2. The van der Waals surface area contributed by atoms with Crippen molar-refractivity contribution in [1.82, 2.24) is 0 Å². The predicted octanol–water partition coefficient (Wildman–Crippen LogP) is 2.22.